The Morgan fingerprint density at radius 1 is 1.39 bits per heavy atom. The van der Waals surface area contributed by atoms with Crippen molar-refractivity contribution in [3.63, 3.8) is 0 Å². The van der Waals surface area contributed by atoms with E-state index >= 15 is 0 Å². The summed E-state index contributed by atoms with van der Waals surface area (Å²) >= 11 is 4.39. The van der Waals surface area contributed by atoms with E-state index in [4.69, 9.17) is 21.3 Å². The summed E-state index contributed by atoms with van der Waals surface area (Å²) in [5.74, 6) is 0.161. The van der Waals surface area contributed by atoms with E-state index < -0.39 is 36.6 Å². The summed E-state index contributed by atoms with van der Waals surface area (Å²) in [5, 5.41) is 28.7. The van der Waals surface area contributed by atoms with Crippen LogP contribution in [0, 0.1) is 0 Å². The minimum absolute atomic E-state index is 0.261. The zero-order valence-electron chi connectivity index (χ0n) is 15.1. The van der Waals surface area contributed by atoms with Gasteiger partial charge in [-0.3, -0.25) is 4.79 Å². The van der Waals surface area contributed by atoms with Crippen LogP contribution >= 0.6 is 11.8 Å². The van der Waals surface area contributed by atoms with Crippen LogP contribution in [-0.2, 0) is 9.53 Å². The van der Waals surface area contributed by atoms with Crippen molar-refractivity contribution in [2.45, 2.75) is 42.3 Å². The Labute approximate surface area is 173 Å². The summed E-state index contributed by atoms with van der Waals surface area (Å²) < 4.78 is 7.17. The monoisotopic (exact) mass is 479 g/mol. The Bertz CT molecular complexity index is 795. The number of carboxylic acid groups (broad SMARTS) is 1. The first kappa shape index (κ1) is 22.8. The molecule has 0 saturated carbocycles. The van der Waals surface area contributed by atoms with E-state index in [0.29, 0.717) is 22.9 Å². The van der Waals surface area contributed by atoms with Gasteiger partial charge in [0.2, 0.25) is 0 Å². The number of carbonyl (C=O) groups is 1. The van der Waals surface area contributed by atoms with Gasteiger partial charge in [-0.2, -0.15) is 11.8 Å². The quantitative estimate of drug-likeness (QED) is 0.313. The fourth-order valence-corrected chi connectivity index (χ4v) is 3.59. The number of aliphatic carboxylic acids is 1. The van der Waals surface area contributed by atoms with Crippen molar-refractivity contribution in [3.8, 4) is 0 Å². The fourth-order valence-electron chi connectivity index (χ4n) is 2.52. The molecule has 1 saturated heterocycles. The van der Waals surface area contributed by atoms with Gasteiger partial charge in [-0.15, -0.1) is 0 Å². The van der Waals surface area contributed by atoms with Crippen LogP contribution in [0.4, 0.5) is 5.82 Å². The van der Waals surface area contributed by atoms with Gasteiger partial charge < -0.3 is 10.8 Å². The Morgan fingerprint density at radius 3 is 2.68 bits per heavy atom. The van der Waals surface area contributed by atoms with Gasteiger partial charge in [-0.1, -0.05) is 0 Å². The van der Waals surface area contributed by atoms with Crippen molar-refractivity contribution in [1.82, 2.24) is 19.5 Å². The fraction of sp³-hybridized carbons (Fsp3) is 0.600. The number of nitrogen functional groups attached to an aromatic ring is 1. The summed E-state index contributed by atoms with van der Waals surface area (Å²) in [4.78, 5) is 22.1. The Hall–Kier alpha value is -1.47. The maximum absolute atomic E-state index is 10.1. The van der Waals surface area contributed by atoms with Crippen LogP contribution in [0.3, 0.4) is 0 Å². The number of hydrogen-bond acceptors (Lipinski definition) is 10. The second-order valence-electron chi connectivity index (χ2n) is 6.02. The van der Waals surface area contributed by atoms with E-state index in [1.807, 2.05) is 6.26 Å². The molecule has 2 aromatic rings. The molecule has 155 valence electrons. The molecule has 0 aromatic carbocycles. The number of anilines is 1. The summed E-state index contributed by atoms with van der Waals surface area (Å²) in [6.07, 6.45) is 2.06. The molecule has 1 fully saturated rings. The molecule has 13 heteroatoms. The third-order valence-electron chi connectivity index (χ3n) is 4.11. The number of thioether (sulfide) groups is 1. The van der Waals surface area contributed by atoms with Crippen LogP contribution in [0.5, 0.6) is 0 Å². The number of carboxylic acids is 1. The average molecular weight is 478 g/mol. The van der Waals surface area contributed by atoms with Crippen LogP contribution in [-0.4, -0.2) is 93.2 Å². The van der Waals surface area contributed by atoms with Gasteiger partial charge in [0, 0.05) is 0 Å². The number of aliphatic hydroxyl groups is 2. The minimum atomic E-state index is -1.05. The zero-order chi connectivity index (χ0) is 20.8. The molecular formula is C15H23N6O5SSe. The number of imidazole rings is 1. The van der Waals surface area contributed by atoms with Crippen molar-refractivity contribution < 1.29 is 24.9 Å². The van der Waals surface area contributed by atoms with Crippen LogP contribution in [0.1, 0.15) is 12.6 Å². The maximum atomic E-state index is 10.1. The number of nitrogens with two attached hydrogens (primary N) is 2. The Kier molecular flexibility index (Phi) is 8.43. The molecule has 2 aromatic heterocycles. The molecule has 11 nitrogen and oxygen atoms in total. The van der Waals surface area contributed by atoms with Gasteiger partial charge in [-0.05, 0) is 18.4 Å². The predicted octanol–water partition coefficient (Wildman–Crippen LogP) is -1.23. The van der Waals surface area contributed by atoms with Gasteiger partial charge in [0.15, 0.2) is 0 Å². The van der Waals surface area contributed by atoms with Crippen molar-refractivity contribution in [3.05, 3.63) is 12.7 Å². The molecule has 3 rings (SSSR count). The molecule has 0 amide bonds. The molecule has 1 aliphatic rings. The predicted molar refractivity (Wildman–Crippen MR) is 105 cm³/mol. The number of aromatic nitrogens is 4. The molecule has 1 radical (unpaired) electrons. The number of hydrogen-bond donors (Lipinski definition) is 5. The zero-order valence-corrected chi connectivity index (χ0v) is 17.6. The molecule has 0 unspecified atom stereocenters. The first-order valence-corrected chi connectivity index (χ1v) is 10.9. The van der Waals surface area contributed by atoms with Gasteiger partial charge in [0.25, 0.3) is 0 Å². The molecule has 28 heavy (non-hydrogen) atoms. The number of fused-ring (bicyclic) bond motifs is 1. The van der Waals surface area contributed by atoms with Crippen molar-refractivity contribution in [1.29, 1.82) is 0 Å². The summed E-state index contributed by atoms with van der Waals surface area (Å²) in [7, 11) is 0. The van der Waals surface area contributed by atoms with Gasteiger partial charge in [0.05, 0.1) is 0 Å². The number of ether oxygens (including phenoxy) is 1. The molecule has 0 bridgehead atoms. The average Bonchev–Trinajstić information content (AvgIpc) is 3.23. The van der Waals surface area contributed by atoms with E-state index in [0.717, 1.165) is 5.75 Å². The van der Waals surface area contributed by atoms with Gasteiger partial charge in [0.1, 0.15) is 6.04 Å². The van der Waals surface area contributed by atoms with Crippen LogP contribution in [0.15, 0.2) is 12.7 Å². The first-order valence-electron chi connectivity index (χ1n) is 8.31. The summed E-state index contributed by atoms with van der Waals surface area (Å²) in [6.45, 7) is 0. The third kappa shape index (κ3) is 5.11. The van der Waals surface area contributed by atoms with Crippen LogP contribution < -0.4 is 11.5 Å². The second-order valence-corrected chi connectivity index (χ2v) is 7.71. The summed E-state index contributed by atoms with van der Waals surface area (Å²) in [6, 6.07) is -0.683. The molecule has 1 aliphatic heterocycles. The van der Waals surface area contributed by atoms with E-state index in [1.165, 1.54) is 12.7 Å². The van der Waals surface area contributed by atoms with Crippen LogP contribution in [0.25, 0.3) is 11.2 Å². The van der Waals surface area contributed by atoms with E-state index in [2.05, 4.69) is 31.0 Å². The molecule has 3 heterocycles. The number of rotatable bonds is 6. The third-order valence-corrected chi connectivity index (χ3v) is 5.45. The van der Waals surface area contributed by atoms with E-state index in [1.54, 1.807) is 16.3 Å². The van der Waals surface area contributed by atoms with Gasteiger partial charge in [-0.25, -0.2) is 0 Å². The Morgan fingerprint density at radius 2 is 2.11 bits per heavy atom. The van der Waals surface area contributed by atoms with Crippen molar-refractivity contribution in [2.24, 2.45) is 5.73 Å². The van der Waals surface area contributed by atoms with Crippen molar-refractivity contribution >= 4 is 50.7 Å². The molecular weight excluding hydrogens is 455 g/mol. The van der Waals surface area contributed by atoms with Crippen LogP contribution in [0.2, 0.25) is 5.32 Å². The normalized spacial score (nSPS) is 25.3. The van der Waals surface area contributed by atoms with Crippen molar-refractivity contribution in [2.75, 3.05) is 17.7 Å². The topological polar surface area (TPSA) is 183 Å². The first-order chi connectivity index (χ1) is 13.3. The molecule has 0 aliphatic carbocycles. The van der Waals surface area contributed by atoms with E-state index in [-0.39, 0.29) is 5.82 Å². The molecule has 7 N–H and O–H groups in total. The molecule has 5 atom stereocenters. The molecule has 0 spiro atoms. The number of aliphatic hydroxyl groups excluding tert-OH is 2. The SMILES string of the molecule is CSCC[C@H](N)C(=O)O.Nc1ncnc2c1ncn2[C@@H]1O[C@H](C[Se])[C@@H](O)[C@H]1O. The Balaban J connectivity index is 0.000000266. The second kappa shape index (κ2) is 10.3. The number of nitrogens with zero attached hydrogens (tertiary/aromatic N) is 4. The van der Waals surface area contributed by atoms with E-state index in [9.17, 15) is 15.0 Å². The standard InChI is InChI=1S/C10H12N5O3Se.C5H11NO2S/c11-8-5-9(13-2-12-8)15(3-14-5)10-7(17)6(16)4(1-19)18-10;1-9-3-2-4(6)5(7)8/h2-4,6-7,10,16-17H,1H2,(H2,11,12,13);4H,2-3,6H2,1H3,(H,7,8)/t4-,6-,7-,10-;4-/m10/s1. The summed E-state index contributed by atoms with van der Waals surface area (Å²) in [5.41, 5.74) is 11.8. The van der Waals surface area contributed by atoms with Gasteiger partial charge >= 0.3 is 122 Å².